The summed E-state index contributed by atoms with van der Waals surface area (Å²) in [4.78, 5) is 15.9. The number of hydrogen-bond acceptors (Lipinski definition) is 8. The van der Waals surface area contributed by atoms with Crippen molar-refractivity contribution in [2.45, 2.75) is 84.4 Å². The zero-order chi connectivity index (χ0) is 29.3. The average Bonchev–Trinajstić information content (AvgIpc) is 3.23. The predicted molar refractivity (Wildman–Crippen MR) is 167 cm³/mol. The summed E-state index contributed by atoms with van der Waals surface area (Å²) in [6.45, 7) is 16.5. The molecule has 0 spiro atoms. The van der Waals surface area contributed by atoms with Crippen molar-refractivity contribution in [1.29, 1.82) is 0 Å². The molecule has 0 radical (unpaired) electrons. The van der Waals surface area contributed by atoms with E-state index in [9.17, 15) is 0 Å². The smallest absolute Gasteiger partial charge is 0.184 e. The average molecular weight is 590 g/mol. The lowest BCUT2D eigenvalue weighted by atomic mass is 9.46. The van der Waals surface area contributed by atoms with Crippen molar-refractivity contribution in [3.63, 3.8) is 0 Å². The first kappa shape index (κ1) is 31.2. The van der Waals surface area contributed by atoms with E-state index in [0.29, 0.717) is 24.4 Å². The lowest BCUT2D eigenvalue weighted by molar-refractivity contribution is -0.0834. The molecule has 224 valence electrons. The fourth-order valence-corrected chi connectivity index (χ4v) is 9.91. The Hall–Kier alpha value is -1.76. The van der Waals surface area contributed by atoms with Crippen molar-refractivity contribution in [2.24, 2.45) is 50.0 Å². The molecular formula is C30H51N3O5Si2. The fourth-order valence-electron chi connectivity index (χ4n) is 8.19. The second-order valence-corrected chi connectivity index (χ2v) is 23.1. The molecule has 0 heterocycles. The number of hydrogen-bond donors (Lipinski definition) is 0. The summed E-state index contributed by atoms with van der Waals surface area (Å²) in [5.41, 5.74) is 2.99. The third-order valence-electron chi connectivity index (χ3n) is 9.46. The Balaban J connectivity index is 1.81. The second kappa shape index (κ2) is 11.9. The molecule has 40 heavy (non-hydrogen) atoms. The van der Waals surface area contributed by atoms with Gasteiger partial charge in [-0.25, -0.2) is 0 Å². The second-order valence-electron chi connectivity index (χ2n) is 14.1. The van der Waals surface area contributed by atoms with Crippen LogP contribution in [0.15, 0.2) is 39.3 Å². The van der Waals surface area contributed by atoms with Crippen molar-refractivity contribution in [1.82, 2.24) is 0 Å². The van der Waals surface area contributed by atoms with Crippen molar-refractivity contribution in [3.8, 4) is 0 Å². The molecule has 7 atom stereocenters. The van der Waals surface area contributed by atoms with Gasteiger partial charge in [-0.1, -0.05) is 34.0 Å². The Morgan fingerprint density at radius 1 is 1.00 bits per heavy atom. The van der Waals surface area contributed by atoms with Crippen molar-refractivity contribution in [2.75, 3.05) is 27.9 Å². The molecule has 0 amide bonds. The van der Waals surface area contributed by atoms with Crippen molar-refractivity contribution >= 4 is 34.3 Å². The highest BCUT2D eigenvalue weighted by atomic mass is 28.4. The molecular weight excluding hydrogens is 539 g/mol. The summed E-state index contributed by atoms with van der Waals surface area (Å²) in [6, 6.07) is 0. The minimum atomic E-state index is -1.89. The van der Waals surface area contributed by atoms with Gasteiger partial charge in [-0.3, -0.25) is 0 Å². The van der Waals surface area contributed by atoms with Crippen LogP contribution in [0.2, 0.25) is 39.3 Å². The molecule has 0 aromatic rings. The van der Waals surface area contributed by atoms with E-state index in [4.69, 9.17) is 23.4 Å². The molecule has 0 aliphatic heterocycles. The molecule has 0 aromatic carbocycles. The van der Waals surface area contributed by atoms with E-state index in [0.717, 1.165) is 43.5 Å². The van der Waals surface area contributed by atoms with Crippen LogP contribution < -0.4 is 0 Å². The van der Waals surface area contributed by atoms with Crippen LogP contribution in [-0.4, -0.2) is 68.3 Å². The van der Waals surface area contributed by atoms with Gasteiger partial charge < -0.3 is 23.4 Å². The molecule has 4 rings (SSSR count). The van der Waals surface area contributed by atoms with E-state index >= 15 is 0 Å². The highest BCUT2D eigenvalue weighted by Gasteiger charge is 2.64. The van der Waals surface area contributed by atoms with Gasteiger partial charge in [0.15, 0.2) is 16.6 Å². The summed E-state index contributed by atoms with van der Waals surface area (Å²) >= 11 is 0. The Morgan fingerprint density at radius 3 is 2.38 bits per heavy atom. The van der Waals surface area contributed by atoms with E-state index in [1.807, 2.05) is 0 Å². The van der Waals surface area contributed by atoms with Crippen LogP contribution in [0.3, 0.4) is 0 Å². The first-order valence-electron chi connectivity index (χ1n) is 14.8. The third-order valence-corrected chi connectivity index (χ3v) is 11.5. The first-order chi connectivity index (χ1) is 18.8. The van der Waals surface area contributed by atoms with Gasteiger partial charge in [0, 0.05) is 16.7 Å². The summed E-state index contributed by atoms with van der Waals surface area (Å²) in [7, 11) is 1.24. The number of allylic oxidation sites excluding steroid dienone is 4. The summed E-state index contributed by atoms with van der Waals surface area (Å²) < 4.78 is 13.6. The molecule has 8 nitrogen and oxygen atoms in total. The van der Waals surface area contributed by atoms with Crippen LogP contribution in [-0.2, 0) is 23.4 Å². The van der Waals surface area contributed by atoms with Crippen LogP contribution in [0.1, 0.15) is 39.0 Å². The fraction of sp³-hybridized carbons (Fsp3) is 0.767. The highest BCUT2D eigenvalue weighted by molar-refractivity contribution is 6.70. The lowest BCUT2D eigenvalue weighted by Crippen LogP contribution is -2.60. The number of nitrogens with zero attached hydrogens (tertiary/aromatic N) is 3. The van der Waals surface area contributed by atoms with E-state index < -0.39 is 16.6 Å². The maximum Gasteiger partial charge on any atom is 0.184 e. The molecule has 4 aliphatic carbocycles. The van der Waals surface area contributed by atoms with Crippen LogP contribution in [0.4, 0.5) is 0 Å². The molecule has 0 N–H and O–H groups in total. The predicted octanol–water partition coefficient (Wildman–Crippen LogP) is 6.64. The van der Waals surface area contributed by atoms with Gasteiger partial charge in [0.1, 0.15) is 27.0 Å². The summed E-state index contributed by atoms with van der Waals surface area (Å²) in [5.74, 6) is 1.46. The van der Waals surface area contributed by atoms with E-state index in [1.54, 1.807) is 21.3 Å². The molecule has 0 unspecified atom stereocenters. The Morgan fingerprint density at radius 2 is 1.75 bits per heavy atom. The van der Waals surface area contributed by atoms with Crippen LogP contribution >= 0.6 is 0 Å². The van der Waals surface area contributed by atoms with Gasteiger partial charge in [0.05, 0.1) is 24.6 Å². The van der Waals surface area contributed by atoms with Crippen LogP contribution in [0.25, 0.3) is 0 Å². The normalized spacial score (nSPS) is 37.1. The van der Waals surface area contributed by atoms with Gasteiger partial charge in [-0.15, -0.1) is 0 Å². The summed E-state index contributed by atoms with van der Waals surface area (Å²) in [5, 5.41) is 13.3. The van der Waals surface area contributed by atoms with Gasteiger partial charge in [0.25, 0.3) is 0 Å². The SMILES string of the molecule is CO/N=C\[C@]12C[C@H](O[Si](C)(C)C)[C@H]3[C@@H](CCC4=C/C(=N\OC)C=C[C@@]43C)[C@@H]1CC[C@@H]2/C(CO[Si](C)(C)C)=N\OC. The van der Waals surface area contributed by atoms with Gasteiger partial charge >= 0.3 is 0 Å². The summed E-state index contributed by atoms with van der Waals surface area (Å²) in [6.07, 6.45) is 14.1. The zero-order valence-electron chi connectivity index (χ0n) is 26.3. The Bertz CT molecular complexity index is 1080. The zero-order valence-corrected chi connectivity index (χ0v) is 28.3. The van der Waals surface area contributed by atoms with Gasteiger partial charge in [0.2, 0.25) is 0 Å². The quantitative estimate of drug-likeness (QED) is 0.162. The number of rotatable bonds is 10. The first-order valence-corrected chi connectivity index (χ1v) is 21.6. The van der Waals surface area contributed by atoms with Crippen molar-refractivity contribution in [3.05, 3.63) is 23.8 Å². The Kier molecular flexibility index (Phi) is 9.24. The maximum absolute atomic E-state index is 7.18. The molecule has 0 bridgehead atoms. The molecule has 4 aliphatic rings. The monoisotopic (exact) mass is 589 g/mol. The number of fused-ring (bicyclic) bond motifs is 5. The van der Waals surface area contributed by atoms with Gasteiger partial charge in [-0.2, -0.15) is 0 Å². The van der Waals surface area contributed by atoms with E-state index in [1.165, 1.54) is 5.57 Å². The third kappa shape index (κ3) is 6.20. The van der Waals surface area contributed by atoms with Crippen LogP contribution in [0, 0.1) is 34.5 Å². The van der Waals surface area contributed by atoms with Crippen molar-refractivity contribution < 1.29 is 23.4 Å². The number of oxime groups is 3. The van der Waals surface area contributed by atoms with E-state index in [2.05, 4.69) is 86.1 Å². The lowest BCUT2D eigenvalue weighted by Gasteiger charge is -2.60. The molecule has 10 heteroatoms. The largest absolute Gasteiger partial charge is 0.414 e. The minimum Gasteiger partial charge on any atom is -0.414 e. The Labute approximate surface area is 243 Å². The maximum atomic E-state index is 7.18. The molecule has 3 fully saturated rings. The molecule has 3 saturated carbocycles. The van der Waals surface area contributed by atoms with E-state index in [-0.39, 0.29) is 22.9 Å². The highest BCUT2D eigenvalue weighted by Crippen LogP contribution is 2.66. The topological polar surface area (TPSA) is 83.2 Å². The van der Waals surface area contributed by atoms with Crippen LogP contribution in [0.5, 0.6) is 0 Å². The van der Waals surface area contributed by atoms with Gasteiger partial charge in [-0.05, 0) is 101 Å². The molecule has 0 saturated heterocycles. The standard InChI is InChI=1S/C30H51N3O5Si2/c1-29-16-15-22(32-35-3)17-21(29)11-12-23-24-13-14-25(26(33-36-4)19-37-39(5,6)7)30(24,20-31-34-2)18-27(28(23)29)38-40(8,9)10/h15-17,20,23-25,27-28H,11-14,18-19H2,1-10H3/b31-20-,32-22-,33-26-/t23-,24-,25+,27-,28+,29-,30+/m0/s1. The minimum absolute atomic E-state index is 0.0813. The molecule has 0 aromatic heterocycles.